The Morgan fingerprint density at radius 3 is 2.94 bits per heavy atom. The van der Waals surface area contributed by atoms with E-state index in [-0.39, 0.29) is 17.9 Å². The molecule has 1 aromatic rings. The number of amides is 2. The molecular weight excluding hydrogens is 220 g/mol. The molecule has 1 aliphatic heterocycles. The maximum Gasteiger partial charge on any atom is 0.257 e. The first kappa shape index (κ1) is 11.7. The van der Waals surface area contributed by atoms with Crippen molar-refractivity contribution in [1.82, 2.24) is 10.2 Å². The third kappa shape index (κ3) is 2.33. The van der Waals surface area contributed by atoms with Crippen molar-refractivity contribution in [2.45, 2.75) is 25.3 Å². The fraction of sp³-hybridized carbons (Fsp3) is 0.500. The first-order chi connectivity index (χ1) is 8.24. The van der Waals surface area contributed by atoms with E-state index in [4.69, 9.17) is 4.42 Å². The molecule has 0 aromatic carbocycles. The molecule has 0 aliphatic carbocycles. The molecular formula is C12H16N2O3. The third-order valence-corrected chi connectivity index (χ3v) is 3.08. The van der Waals surface area contributed by atoms with Crippen LogP contribution in [0.5, 0.6) is 0 Å². The Morgan fingerprint density at radius 2 is 2.29 bits per heavy atom. The highest BCUT2D eigenvalue weighted by molar-refractivity contribution is 5.97. The summed E-state index contributed by atoms with van der Waals surface area (Å²) >= 11 is 0. The van der Waals surface area contributed by atoms with Gasteiger partial charge in [0.05, 0.1) is 11.8 Å². The van der Waals surface area contributed by atoms with Crippen LogP contribution in [0.4, 0.5) is 0 Å². The highest BCUT2D eigenvalue weighted by atomic mass is 16.3. The van der Waals surface area contributed by atoms with Gasteiger partial charge in [-0.2, -0.15) is 0 Å². The van der Waals surface area contributed by atoms with Crippen LogP contribution in [0, 0.1) is 0 Å². The molecule has 1 fully saturated rings. The van der Waals surface area contributed by atoms with E-state index in [2.05, 4.69) is 5.32 Å². The van der Waals surface area contributed by atoms with Crippen molar-refractivity contribution >= 4 is 11.8 Å². The van der Waals surface area contributed by atoms with Crippen molar-refractivity contribution in [3.8, 4) is 0 Å². The standard InChI is InChI=1S/C12H16N2O3/c1-13-11(15)10-4-2-3-6-14(10)12(16)9-5-7-17-8-9/h5,7-8,10H,2-4,6H2,1H3,(H,13,15)/t10-/m1/s1. The van der Waals surface area contributed by atoms with Gasteiger partial charge in [-0.05, 0) is 25.3 Å². The van der Waals surface area contributed by atoms with Crippen LogP contribution in [0.2, 0.25) is 0 Å². The van der Waals surface area contributed by atoms with Crippen molar-refractivity contribution in [3.63, 3.8) is 0 Å². The monoisotopic (exact) mass is 236 g/mol. The second kappa shape index (κ2) is 5.03. The van der Waals surface area contributed by atoms with Crippen molar-refractivity contribution in [2.24, 2.45) is 0 Å². The lowest BCUT2D eigenvalue weighted by molar-refractivity contribution is -0.126. The predicted molar refractivity (Wildman–Crippen MR) is 61.5 cm³/mol. The second-order valence-electron chi connectivity index (χ2n) is 4.14. The van der Waals surface area contributed by atoms with Crippen LogP contribution in [-0.4, -0.2) is 36.3 Å². The second-order valence-corrected chi connectivity index (χ2v) is 4.14. The van der Waals surface area contributed by atoms with E-state index in [0.29, 0.717) is 12.1 Å². The first-order valence-electron chi connectivity index (χ1n) is 5.79. The number of carbonyl (C=O) groups excluding carboxylic acids is 2. The van der Waals surface area contributed by atoms with Gasteiger partial charge in [0.1, 0.15) is 12.3 Å². The Bertz CT molecular complexity index is 400. The molecule has 2 rings (SSSR count). The molecule has 2 amide bonds. The van der Waals surface area contributed by atoms with Crippen LogP contribution >= 0.6 is 0 Å². The molecule has 0 spiro atoms. The van der Waals surface area contributed by atoms with E-state index in [9.17, 15) is 9.59 Å². The van der Waals surface area contributed by atoms with E-state index in [0.717, 1.165) is 19.3 Å². The quantitative estimate of drug-likeness (QED) is 0.834. The lowest BCUT2D eigenvalue weighted by Gasteiger charge is -2.34. The Balaban J connectivity index is 2.16. The minimum absolute atomic E-state index is 0.0958. The number of nitrogens with zero attached hydrogens (tertiary/aromatic N) is 1. The van der Waals surface area contributed by atoms with E-state index in [1.54, 1.807) is 18.0 Å². The minimum atomic E-state index is -0.351. The normalized spacial score (nSPS) is 20.1. The van der Waals surface area contributed by atoms with Crippen LogP contribution < -0.4 is 5.32 Å². The Labute approximate surface area is 99.8 Å². The largest absolute Gasteiger partial charge is 0.472 e. The number of piperidine rings is 1. The molecule has 17 heavy (non-hydrogen) atoms. The Morgan fingerprint density at radius 1 is 1.47 bits per heavy atom. The van der Waals surface area contributed by atoms with Gasteiger partial charge < -0.3 is 14.6 Å². The summed E-state index contributed by atoms with van der Waals surface area (Å²) in [6, 6.07) is 1.27. The molecule has 0 unspecified atom stereocenters. The maximum absolute atomic E-state index is 12.2. The number of hydrogen-bond acceptors (Lipinski definition) is 3. The number of rotatable bonds is 2. The zero-order valence-electron chi connectivity index (χ0n) is 9.81. The fourth-order valence-corrected chi connectivity index (χ4v) is 2.17. The van der Waals surface area contributed by atoms with Gasteiger partial charge in [-0.15, -0.1) is 0 Å². The zero-order valence-corrected chi connectivity index (χ0v) is 9.81. The van der Waals surface area contributed by atoms with Gasteiger partial charge in [0.15, 0.2) is 0 Å². The molecule has 0 bridgehead atoms. The molecule has 1 saturated heterocycles. The fourth-order valence-electron chi connectivity index (χ4n) is 2.17. The summed E-state index contributed by atoms with van der Waals surface area (Å²) in [7, 11) is 1.59. The van der Waals surface area contributed by atoms with Crippen LogP contribution in [0.3, 0.4) is 0 Å². The Hall–Kier alpha value is -1.78. The van der Waals surface area contributed by atoms with Crippen molar-refractivity contribution < 1.29 is 14.0 Å². The highest BCUT2D eigenvalue weighted by Crippen LogP contribution is 2.20. The summed E-state index contributed by atoms with van der Waals surface area (Å²) in [5.41, 5.74) is 0.501. The van der Waals surface area contributed by atoms with Crippen LogP contribution in [-0.2, 0) is 4.79 Å². The number of carbonyl (C=O) groups is 2. The average molecular weight is 236 g/mol. The molecule has 0 radical (unpaired) electrons. The molecule has 1 aliphatic rings. The van der Waals surface area contributed by atoms with Gasteiger partial charge in [0.2, 0.25) is 5.91 Å². The van der Waals surface area contributed by atoms with Crippen LogP contribution in [0.1, 0.15) is 29.6 Å². The third-order valence-electron chi connectivity index (χ3n) is 3.08. The predicted octanol–water partition coefficient (Wildman–Crippen LogP) is 1.02. The van der Waals surface area contributed by atoms with Gasteiger partial charge in [-0.3, -0.25) is 9.59 Å². The summed E-state index contributed by atoms with van der Waals surface area (Å²) < 4.78 is 4.90. The number of likely N-dealkylation sites (tertiary alicyclic amines) is 1. The van der Waals surface area contributed by atoms with Crippen molar-refractivity contribution in [3.05, 3.63) is 24.2 Å². The van der Waals surface area contributed by atoms with Gasteiger partial charge in [0.25, 0.3) is 5.91 Å². The molecule has 5 heteroatoms. The van der Waals surface area contributed by atoms with E-state index < -0.39 is 0 Å². The number of likely N-dealkylation sites (N-methyl/N-ethyl adjacent to an activating group) is 1. The van der Waals surface area contributed by atoms with Crippen molar-refractivity contribution in [1.29, 1.82) is 0 Å². The average Bonchev–Trinajstić information content (AvgIpc) is 2.91. The minimum Gasteiger partial charge on any atom is -0.472 e. The molecule has 1 atom stereocenters. The lowest BCUT2D eigenvalue weighted by atomic mass is 10.0. The summed E-state index contributed by atoms with van der Waals surface area (Å²) in [5, 5.41) is 2.61. The molecule has 5 nitrogen and oxygen atoms in total. The van der Waals surface area contributed by atoms with Crippen LogP contribution in [0.25, 0.3) is 0 Å². The molecule has 1 aromatic heterocycles. The van der Waals surface area contributed by atoms with Gasteiger partial charge in [0, 0.05) is 13.6 Å². The molecule has 92 valence electrons. The summed E-state index contributed by atoms with van der Waals surface area (Å²) in [4.78, 5) is 25.5. The van der Waals surface area contributed by atoms with E-state index in [1.807, 2.05) is 0 Å². The summed E-state index contributed by atoms with van der Waals surface area (Å²) in [6.45, 7) is 0.627. The molecule has 1 N–H and O–H groups in total. The first-order valence-corrected chi connectivity index (χ1v) is 5.79. The topological polar surface area (TPSA) is 62.6 Å². The number of nitrogens with one attached hydrogen (secondary N) is 1. The zero-order chi connectivity index (χ0) is 12.3. The van der Waals surface area contributed by atoms with Gasteiger partial charge in [-0.25, -0.2) is 0 Å². The number of furan rings is 1. The highest BCUT2D eigenvalue weighted by Gasteiger charge is 2.32. The van der Waals surface area contributed by atoms with E-state index in [1.165, 1.54) is 12.5 Å². The molecule has 2 heterocycles. The summed E-state index contributed by atoms with van der Waals surface area (Å²) in [5.74, 6) is -0.228. The smallest absolute Gasteiger partial charge is 0.257 e. The van der Waals surface area contributed by atoms with Gasteiger partial charge in [-0.1, -0.05) is 0 Å². The van der Waals surface area contributed by atoms with Crippen LogP contribution in [0.15, 0.2) is 23.0 Å². The maximum atomic E-state index is 12.2. The lowest BCUT2D eigenvalue weighted by Crippen LogP contribution is -2.51. The number of hydrogen-bond donors (Lipinski definition) is 1. The van der Waals surface area contributed by atoms with Gasteiger partial charge >= 0.3 is 0 Å². The molecule has 0 saturated carbocycles. The Kier molecular flexibility index (Phi) is 3.46. The van der Waals surface area contributed by atoms with Crippen molar-refractivity contribution in [2.75, 3.05) is 13.6 Å². The SMILES string of the molecule is CNC(=O)[C@H]1CCCCN1C(=O)c1ccoc1. The summed E-state index contributed by atoms with van der Waals surface area (Å²) in [6.07, 6.45) is 5.53. The van der Waals surface area contributed by atoms with E-state index >= 15 is 0 Å².